The molecule has 0 radical (unpaired) electrons. The number of rotatable bonds is 5. The highest BCUT2D eigenvalue weighted by Gasteiger charge is 2.59. The molecule has 0 spiro atoms. The zero-order valence-corrected chi connectivity index (χ0v) is 14.8. The Morgan fingerprint density at radius 1 is 1.37 bits per heavy atom. The van der Waals surface area contributed by atoms with Gasteiger partial charge in [-0.15, -0.1) is 10.2 Å². The summed E-state index contributed by atoms with van der Waals surface area (Å²) in [5.74, 6) is -2.04. The van der Waals surface area contributed by atoms with Crippen molar-refractivity contribution >= 4 is 28.2 Å². The van der Waals surface area contributed by atoms with Crippen LogP contribution in [0.15, 0.2) is 36.7 Å². The number of alkyl halides is 2. The summed E-state index contributed by atoms with van der Waals surface area (Å²) in [4.78, 5) is 12.1. The number of aromatic nitrogens is 4. The molecule has 27 heavy (non-hydrogen) atoms. The molecule has 1 unspecified atom stereocenters. The zero-order chi connectivity index (χ0) is 19.0. The fraction of sp³-hybridized carbons (Fsp3) is 0.250. The zero-order valence-electron chi connectivity index (χ0n) is 14.0. The summed E-state index contributed by atoms with van der Waals surface area (Å²) in [7, 11) is 1.57. The average molecular weight is 392 g/mol. The third-order valence-electron chi connectivity index (χ3n) is 3.93. The molecule has 3 aromatic rings. The van der Waals surface area contributed by atoms with E-state index in [2.05, 4.69) is 25.9 Å². The molecule has 1 aliphatic rings. The highest BCUT2D eigenvalue weighted by molar-refractivity contribution is 7.18. The molecule has 140 valence electrons. The number of anilines is 2. The molecule has 11 heteroatoms. The van der Waals surface area contributed by atoms with Gasteiger partial charge in [0.25, 0.3) is 5.92 Å². The Morgan fingerprint density at radius 2 is 2.19 bits per heavy atom. The maximum absolute atomic E-state index is 13.0. The topological polar surface area (TPSA) is 94.0 Å². The lowest BCUT2D eigenvalue weighted by Gasteiger charge is -2.02. The lowest BCUT2D eigenvalue weighted by atomic mass is 10.2. The van der Waals surface area contributed by atoms with E-state index >= 15 is 0 Å². The smallest absolute Gasteiger partial charge is 0.325 e. The van der Waals surface area contributed by atoms with Gasteiger partial charge in [-0.3, -0.25) is 10.00 Å². The normalized spacial score (nSPS) is 17.4. The SMILES string of the molecule is COc1cccc(-c2nnc(NC(=O)Nc3cnn(C4CC4(F)F)c3)s2)c1. The number of urea groups is 1. The first-order valence-electron chi connectivity index (χ1n) is 7.92. The minimum atomic E-state index is -2.73. The van der Waals surface area contributed by atoms with Gasteiger partial charge in [0, 0.05) is 18.2 Å². The van der Waals surface area contributed by atoms with Crippen LogP contribution in [0.5, 0.6) is 5.75 Å². The van der Waals surface area contributed by atoms with E-state index in [0.29, 0.717) is 21.6 Å². The van der Waals surface area contributed by atoms with Gasteiger partial charge in [0.15, 0.2) is 0 Å². The first-order chi connectivity index (χ1) is 12.9. The van der Waals surface area contributed by atoms with E-state index in [9.17, 15) is 13.6 Å². The Bertz CT molecular complexity index is 989. The summed E-state index contributed by atoms with van der Waals surface area (Å²) < 4.78 is 32.4. The number of nitrogens with one attached hydrogen (secondary N) is 2. The number of hydrogen-bond donors (Lipinski definition) is 2. The van der Waals surface area contributed by atoms with Gasteiger partial charge in [-0.1, -0.05) is 23.5 Å². The van der Waals surface area contributed by atoms with Crippen LogP contribution in [0.1, 0.15) is 12.5 Å². The van der Waals surface area contributed by atoms with Crippen LogP contribution in [0.2, 0.25) is 0 Å². The highest BCUT2D eigenvalue weighted by atomic mass is 32.1. The summed E-state index contributed by atoms with van der Waals surface area (Å²) in [6.45, 7) is 0. The van der Waals surface area contributed by atoms with Crippen molar-refractivity contribution in [3.63, 3.8) is 0 Å². The number of methoxy groups -OCH3 is 1. The van der Waals surface area contributed by atoms with Crippen molar-refractivity contribution in [2.24, 2.45) is 0 Å². The fourth-order valence-corrected chi connectivity index (χ4v) is 3.20. The lowest BCUT2D eigenvalue weighted by Crippen LogP contribution is -2.19. The Labute approximate surface area is 156 Å². The van der Waals surface area contributed by atoms with Gasteiger partial charge in [-0.2, -0.15) is 5.10 Å². The Hall–Kier alpha value is -3.08. The predicted molar refractivity (Wildman–Crippen MR) is 95.4 cm³/mol. The molecule has 2 amide bonds. The number of nitrogens with zero attached hydrogens (tertiary/aromatic N) is 4. The molecule has 4 rings (SSSR count). The van der Waals surface area contributed by atoms with E-state index in [4.69, 9.17) is 4.74 Å². The molecule has 2 heterocycles. The summed E-state index contributed by atoms with van der Waals surface area (Å²) in [5.41, 5.74) is 1.12. The van der Waals surface area contributed by atoms with Gasteiger partial charge in [-0.05, 0) is 12.1 Å². The molecule has 1 saturated carbocycles. The van der Waals surface area contributed by atoms with E-state index in [1.807, 2.05) is 24.3 Å². The predicted octanol–water partition coefficient (Wildman–Crippen LogP) is 3.63. The number of carbonyl (C=O) groups excluding carboxylic acids is 1. The number of amides is 2. The molecule has 1 aliphatic carbocycles. The molecule has 2 N–H and O–H groups in total. The number of benzene rings is 1. The van der Waals surface area contributed by atoms with Crippen molar-refractivity contribution in [3.8, 4) is 16.3 Å². The summed E-state index contributed by atoms with van der Waals surface area (Å²) in [6.07, 6.45) is 2.45. The highest BCUT2D eigenvalue weighted by Crippen LogP contribution is 2.52. The average Bonchev–Trinajstić information content (AvgIpc) is 3.01. The number of carbonyl (C=O) groups is 1. The standard InChI is InChI=1S/C16H14F2N6O2S/c1-26-11-4-2-3-9(5-11)13-22-23-15(27-13)21-14(25)20-10-7-19-24(8-10)12-6-16(12,17)18/h2-5,7-8,12H,6H2,1H3,(H2,20,21,23,25). The van der Waals surface area contributed by atoms with Crippen LogP contribution in [0.4, 0.5) is 24.4 Å². The van der Waals surface area contributed by atoms with Crippen molar-refractivity contribution in [2.75, 3.05) is 17.7 Å². The van der Waals surface area contributed by atoms with Crippen LogP contribution >= 0.6 is 11.3 Å². The molecular formula is C16H14F2N6O2S. The van der Waals surface area contributed by atoms with Crippen LogP contribution in [0.25, 0.3) is 10.6 Å². The molecule has 0 bridgehead atoms. The minimum absolute atomic E-state index is 0.238. The summed E-state index contributed by atoms with van der Waals surface area (Å²) >= 11 is 1.19. The third kappa shape index (κ3) is 3.72. The van der Waals surface area contributed by atoms with E-state index < -0.39 is 18.0 Å². The van der Waals surface area contributed by atoms with Crippen molar-refractivity contribution < 1.29 is 18.3 Å². The Balaban J connectivity index is 1.38. The maximum atomic E-state index is 13.0. The molecule has 0 aliphatic heterocycles. The van der Waals surface area contributed by atoms with Crippen LogP contribution < -0.4 is 15.4 Å². The van der Waals surface area contributed by atoms with Gasteiger partial charge in [0.1, 0.15) is 16.8 Å². The Kier molecular flexibility index (Phi) is 4.22. The van der Waals surface area contributed by atoms with Crippen LogP contribution in [0.3, 0.4) is 0 Å². The van der Waals surface area contributed by atoms with E-state index in [1.54, 1.807) is 7.11 Å². The van der Waals surface area contributed by atoms with Crippen molar-refractivity contribution in [1.82, 2.24) is 20.0 Å². The fourth-order valence-electron chi connectivity index (χ4n) is 2.46. The van der Waals surface area contributed by atoms with Gasteiger partial charge in [-0.25, -0.2) is 13.6 Å². The van der Waals surface area contributed by atoms with E-state index in [0.717, 1.165) is 10.2 Å². The molecular weight excluding hydrogens is 378 g/mol. The first-order valence-corrected chi connectivity index (χ1v) is 8.74. The lowest BCUT2D eigenvalue weighted by molar-refractivity contribution is 0.0983. The molecule has 1 atom stereocenters. The van der Waals surface area contributed by atoms with Gasteiger partial charge >= 0.3 is 6.03 Å². The molecule has 8 nitrogen and oxygen atoms in total. The monoisotopic (exact) mass is 392 g/mol. The van der Waals surface area contributed by atoms with E-state index in [-0.39, 0.29) is 6.42 Å². The van der Waals surface area contributed by atoms with Gasteiger partial charge < -0.3 is 10.1 Å². The quantitative estimate of drug-likeness (QED) is 0.691. The number of ether oxygens (including phenoxy) is 1. The Morgan fingerprint density at radius 3 is 2.93 bits per heavy atom. The van der Waals surface area contributed by atoms with Crippen LogP contribution in [0, 0.1) is 0 Å². The van der Waals surface area contributed by atoms with E-state index in [1.165, 1.54) is 23.7 Å². The second-order valence-corrected chi connectivity index (χ2v) is 6.89. The number of hydrogen-bond acceptors (Lipinski definition) is 6. The van der Waals surface area contributed by atoms with Crippen molar-refractivity contribution in [1.29, 1.82) is 0 Å². The maximum Gasteiger partial charge on any atom is 0.325 e. The molecule has 0 saturated heterocycles. The second-order valence-electron chi connectivity index (χ2n) is 5.91. The van der Waals surface area contributed by atoms with Crippen LogP contribution in [-0.4, -0.2) is 39.0 Å². The van der Waals surface area contributed by atoms with Crippen LogP contribution in [-0.2, 0) is 0 Å². The molecule has 1 aromatic carbocycles. The first kappa shape index (κ1) is 17.3. The molecule has 1 fully saturated rings. The largest absolute Gasteiger partial charge is 0.497 e. The summed E-state index contributed by atoms with van der Waals surface area (Å²) in [5, 5.41) is 17.8. The van der Waals surface area contributed by atoms with Crippen molar-refractivity contribution in [3.05, 3.63) is 36.7 Å². The third-order valence-corrected chi connectivity index (χ3v) is 4.82. The van der Waals surface area contributed by atoms with Crippen molar-refractivity contribution in [2.45, 2.75) is 18.4 Å². The minimum Gasteiger partial charge on any atom is -0.497 e. The summed E-state index contributed by atoms with van der Waals surface area (Å²) in [6, 6.07) is 5.81. The van der Waals surface area contributed by atoms with Gasteiger partial charge in [0.2, 0.25) is 5.13 Å². The second kappa shape index (κ2) is 6.58. The van der Waals surface area contributed by atoms with Gasteiger partial charge in [0.05, 0.1) is 19.0 Å². The number of halogens is 2. The molecule has 2 aromatic heterocycles.